The average Bonchev–Trinajstić information content (AvgIpc) is 2.91. The second kappa shape index (κ2) is 5.83. The quantitative estimate of drug-likeness (QED) is 0.707. The highest BCUT2D eigenvalue weighted by molar-refractivity contribution is 6.33. The first-order valence-electron chi connectivity index (χ1n) is 6.80. The number of benzene rings is 2. The fourth-order valence-corrected chi connectivity index (χ4v) is 2.44. The first-order valence-corrected chi connectivity index (χ1v) is 7.18. The summed E-state index contributed by atoms with van der Waals surface area (Å²) in [6, 6.07) is 9.61. The largest absolute Gasteiger partial charge is 0.471 e. The molecule has 8 heteroatoms. The highest BCUT2D eigenvalue weighted by Crippen LogP contribution is 2.32. The van der Waals surface area contributed by atoms with Crippen molar-refractivity contribution in [1.82, 2.24) is 4.98 Å². The van der Waals surface area contributed by atoms with Crippen molar-refractivity contribution in [3.8, 4) is 11.5 Å². The molecule has 124 valence electrons. The summed E-state index contributed by atoms with van der Waals surface area (Å²) in [4.78, 5) is 15.3. The van der Waals surface area contributed by atoms with E-state index in [1.807, 2.05) is 0 Å². The molecule has 0 aliphatic heterocycles. The molecule has 0 radical (unpaired) electrons. The third-order valence-electron chi connectivity index (χ3n) is 3.30. The van der Waals surface area contributed by atoms with Crippen LogP contribution in [0, 0.1) is 6.92 Å². The molecule has 4 nitrogen and oxygen atoms in total. The van der Waals surface area contributed by atoms with Gasteiger partial charge in [-0.1, -0.05) is 23.7 Å². The summed E-state index contributed by atoms with van der Waals surface area (Å²) in [5.41, 5.74) is 1.82. The van der Waals surface area contributed by atoms with Crippen molar-refractivity contribution in [3.05, 3.63) is 47.0 Å². The van der Waals surface area contributed by atoms with Gasteiger partial charge in [0.2, 0.25) is 5.89 Å². The van der Waals surface area contributed by atoms with Gasteiger partial charge in [-0.15, -0.1) is 0 Å². The summed E-state index contributed by atoms with van der Waals surface area (Å²) in [5.74, 6) is -1.80. The summed E-state index contributed by atoms with van der Waals surface area (Å²) >= 11 is 6.09. The van der Waals surface area contributed by atoms with Crippen molar-refractivity contribution in [2.75, 3.05) is 5.32 Å². The topological polar surface area (TPSA) is 55.1 Å². The lowest BCUT2D eigenvalue weighted by Crippen LogP contribution is -2.29. The third-order valence-corrected chi connectivity index (χ3v) is 3.62. The van der Waals surface area contributed by atoms with E-state index in [-0.39, 0.29) is 11.6 Å². The lowest BCUT2D eigenvalue weighted by atomic mass is 10.2. The number of alkyl halides is 3. The van der Waals surface area contributed by atoms with Crippen LogP contribution in [0.4, 0.5) is 18.9 Å². The third kappa shape index (κ3) is 3.07. The molecular weight excluding hydrogens is 345 g/mol. The minimum Gasteiger partial charge on any atom is -0.436 e. The number of oxazole rings is 1. The number of fused-ring (bicyclic) bond motifs is 1. The highest BCUT2D eigenvalue weighted by atomic mass is 35.5. The lowest BCUT2D eigenvalue weighted by molar-refractivity contribution is -0.167. The second-order valence-corrected chi connectivity index (χ2v) is 5.50. The maximum atomic E-state index is 12.4. The van der Waals surface area contributed by atoms with E-state index in [4.69, 9.17) is 16.0 Å². The fourth-order valence-electron chi connectivity index (χ4n) is 2.22. The first-order chi connectivity index (χ1) is 11.3. The summed E-state index contributed by atoms with van der Waals surface area (Å²) in [5, 5.41) is 2.24. The summed E-state index contributed by atoms with van der Waals surface area (Å²) in [6.07, 6.45) is -4.96. The van der Waals surface area contributed by atoms with E-state index in [2.05, 4.69) is 4.98 Å². The molecule has 0 saturated carbocycles. The molecule has 1 aromatic heterocycles. The van der Waals surface area contributed by atoms with Crippen LogP contribution in [-0.4, -0.2) is 17.1 Å². The molecule has 0 atom stereocenters. The summed E-state index contributed by atoms with van der Waals surface area (Å²) in [7, 11) is 0. The zero-order valence-corrected chi connectivity index (χ0v) is 13.0. The Labute approximate surface area is 139 Å². The molecule has 1 N–H and O–H groups in total. The molecule has 1 amide bonds. The van der Waals surface area contributed by atoms with Crippen LogP contribution in [0.5, 0.6) is 0 Å². The molecule has 0 fully saturated rings. The second-order valence-electron chi connectivity index (χ2n) is 5.09. The molecule has 24 heavy (non-hydrogen) atoms. The number of carbonyl (C=O) groups is 1. The lowest BCUT2D eigenvalue weighted by Gasteiger charge is -2.08. The van der Waals surface area contributed by atoms with Crippen molar-refractivity contribution in [3.63, 3.8) is 0 Å². The Hall–Kier alpha value is -2.54. The highest BCUT2D eigenvalue weighted by Gasteiger charge is 2.38. The van der Waals surface area contributed by atoms with Crippen LogP contribution in [0.1, 0.15) is 5.56 Å². The molecule has 0 saturated heterocycles. The van der Waals surface area contributed by atoms with Gasteiger partial charge in [-0.25, -0.2) is 4.98 Å². The standard InChI is InChI=1S/C16H10ClF3N2O2/c1-8-6-9(21-15(23)16(18,19)20)7-12-13(8)24-14(22-12)10-4-2-3-5-11(10)17/h2-7H,1H3,(H,21,23). The first kappa shape index (κ1) is 16.3. The number of aromatic nitrogens is 1. The Balaban J connectivity index is 2.03. The van der Waals surface area contributed by atoms with E-state index in [0.29, 0.717) is 27.2 Å². The van der Waals surface area contributed by atoms with Crippen molar-refractivity contribution in [2.24, 2.45) is 0 Å². The molecule has 2 aromatic carbocycles. The smallest absolute Gasteiger partial charge is 0.436 e. The van der Waals surface area contributed by atoms with E-state index in [0.717, 1.165) is 0 Å². The number of anilines is 1. The summed E-state index contributed by atoms with van der Waals surface area (Å²) in [6.45, 7) is 1.65. The van der Waals surface area contributed by atoms with Gasteiger partial charge < -0.3 is 9.73 Å². The number of aryl methyl sites for hydroxylation is 1. The van der Waals surface area contributed by atoms with E-state index < -0.39 is 12.1 Å². The van der Waals surface area contributed by atoms with Gasteiger partial charge >= 0.3 is 12.1 Å². The molecule has 0 bridgehead atoms. The van der Waals surface area contributed by atoms with Gasteiger partial charge in [-0.05, 0) is 36.8 Å². The summed E-state index contributed by atoms with van der Waals surface area (Å²) < 4.78 is 42.7. The van der Waals surface area contributed by atoms with Gasteiger partial charge in [0, 0.05) is 5.69 Å². The average molecular weight is 355 g/mol. The zero-order chi connectivity index (χ0) is 17.5. The van der Waals surface area contributed by atoms with Gasteiger partial charge in [0.25, 0.3) is 0 Å². The number of amides is 1. The predicted octanol–water partition coefficient (Wildman–Crippen LogP) is 4.96. The van der Waals surface area contributed by atoms with Gasteiger partial charge in [-0.3, -0.25) is 4.79 Å². The number of nitrogens with zero attached hydrogens (tertiary/aromatic N) is 1. The molecular formula is C16H10ClF3N2O2. The van der Waals surface area contributed by atoms with E-state index in [1.165, 1.54) is 12.1 Å². The SMILES string of the molecule is Cc1cc(NC(=O)C(F)(F)F)cc2nc(-c3ccccc3Cl)oc12. The van der Waals surface area contributed by atoms with Crippen molar-refractivity contribution >= 4 is 34.3 Å². The van der Waals surface area contributed by atoms with Crippen molar-refractivity contribution in [1.29, 1.82) is 0 Å². The van der Waals surface area contributed by atoms with Crippen LogP contribution in [0.15, 0.2) is 40.8 Å². The number of hydrogen-bond acceptors (Lipinski definition) is 3. The van der Waals surface area contributed by atoms with E-state index in [1.54, 1.807) is 36.5 Å². The maximum absolute atomic E-state index is 12.4. The number of hydrogen-bond donors (Lipinski definition) is 1. The maximum Gasteiger partial charge on any atom is 0.471 e. The molecule has 3 aromatic rings. The van der Waals surface area contributed by atoms with E-state index in [9.17, 15) is 18.0 Å². The molecule has 0 unspecified atom stereocenters. The Morgan fingerprint density at radius 3 is 2.62 bits per heavy atom. The van der Waals surface area contributed by atoms with Crippen LogP contribution in [0.2, 0.25) is 5.02 Å². The van der Waals surface area contributed by atoms with Gasteiger partial charge in [0.05, 0.1) is 10.6 Å². The molecule has 0 aliphatic carbocycles. The Kier molecular flexibility index (Phi) is 3.96. The number of nitrogens with one attached hydrogen (secondary N) is 1. The van der Waals surface area contributed by atoms with Crippen molar-refractivity contribution in [2.45, 2.75) is 13.1 Å². The van der Waals surface area contributed by atoms with E-state index >= 15 is 0 Å². The van der Waals surface area contributed by atoms with Crippen LogP contribution < -0.4 is 5.32 Å². The van der Waals surface area contributed by atoms with Crippen LogP contribution >= 0.6 is 11.6 Å². The molecule has 1 heterocycles. The molecule has 3 rings (SSSR count). The monoisotopic (exact) mass is 354 g/mol. The number of halogens is 4. The van der Waals surface area contributed by atoms with Gasteiger partial charge in [0.1, 0.15) is 5.52 Å². The minimum absolute atomic E-state index is 0.0127. The number of carbonyl (C=O) groups excluding carboxylic acids is 1. The fraction of sp³-hybridized carbons (Fsp3) is 0.125. The van der Waals surface area contributed by atoms with Crippen molar-refractivity contribution < 1.29 is 22.4 Å². The Morgan fingerprint density at radius 1 is 1.25 bits per heavy atom. The van der Waals surface area contributed by atoms with Gasteiger partial charge in [0.15, 0.2) is 5.58 Å². The minimum atomic E-state index is -4.96. The van der Waals surface area contributed by atoms with Crippen LogP contribution in [-0.2, 0) is 4.79 Å². The molecule has 0 aliphatic rings. The normalized spacial score (nSPS) is 11.7. The van der Waals surface area contributed by atoms with Gasteiger partial charge in [-0.2, -0.15) is 13.2 Å². The van der Waals surface area contributed by atoms with Crippen LogP contribution in [0.3, 0.4) is 0 Å². The Bertz CT molecular complexity index is 935. The number of rotatable bonds is 2. The predicted molar refractivity (Wildman–Crippen MR) is 83.9 cm³/mol. The zero-order valence-electron chi connectivity index (χ0n) is 12.2. The van der Waals surface area contributed by atoms with Crippen LogP contribution in [0.25, 0.3) is 22.6 Å². The Morgan fingerprint density at radius 2 is 1.96 bits per heavy atom. The molecule has 0 spiro atoms.